The van der Waals surface area contributed by atoms with Crippen molar-refractivity contribution in [1.82, 2.24) is 19.7 Å². The Hall–Kier alpha value is -1.76. The molecule has 2 aromatic heterocycles. The third-order valence-corrected chi connectivity index (χ3v) is 6.13. The van der Waals surface area contributed by atoms with Crippen LogP contribution in [0.5, 0.6) is 0 Å². The molecule has 4 rings (SSSR count). The van der Waals surface area contributed by atoms with Crippen molar-refractivity contribution in [2.45, 2.75) is 31.6 Å². The van der Waals surface area contributed by atoms with E-state index >= 15 is 0 Å². The first-order valence-electron chi connectivity index (χ1n) is 7.68. The van der Waals surface area contributed by atoms with Crippen molar-refractivity contribution in [2.75, 3.05) is 11.5 Å². The summed E-state index contributed by atoms with van der Waals surface area (Å²) in [5, 5.41) is 4.61. The molecule has 1 saturated carbocycles. The summed E-state index contributed by atoms with van der Waals surface area (Å²) in [7, 11) is -2.86. The molecule has 2 aromatic rings. The third-order valence-electron chi connectivity index (χ3n) is 4.30. The van der Waals surface area contributed by atoms with Crippen LogP contribution in [0.15, 0.2) is 24.4 Å². The van der Waals surface area contributed by atoms with Gasteiger partial charge in [-0.25, -0.2) is 18.4 Å². The average Bonchev–Trinajstić information content (AvgIpc) is 3.18. The fourth-order valence-corrected chi connectivity index (χ4v) is 4.82. The lowest BCUT2D eigenvalue weighted by Crippen LogP contribution is -2.12. The van der Waals surface area contributed by atoms with E-state index in [1.807, 2.05) is 18.2 Å². The van der Waals surface area contributed by atoms with Crippen LogP contribution in [-0.4, -0.2) is 39.7 Å². The molecular formula is C15H18N4O2S. The molecule has 0 radical (unpaired) electrons. The summed E-state index contributed by atoms with van der Waals surface area (Å²) < 4.78 is 25.1. The van der Waals surface area contributed by atoms with Crippen LogP contribution in [-0.2, 0) is 16.3 Å². The standard InChI is InChI=1S/C15H18N4O2S/c20-22(21)8-6-11(10-22)9-14-17-15(12-4-5-12)18-19(14)13-3-1-2-7-16-13/h1-3,7,11-12H,4-6,8-10H2/t11-/m1/s1. The summed E-state index contributed by atoms with van der Waals surface area (Å²) in [6, 6.07) is 5.69. The van der Waals surface area contributed by atoms with Crippen LogP contribution < -0.4 is 0 Å². The van der Waals surface area contributed by atoms with Crippen molar-refractivity contribution in [3.05, 3.63) is 36.0 Å². The van der Waals surface area contributed by atoms with Crippen molar-refractivity contribution in [3.63, 3.8) is 0 Å². The zero-order valence-electron chi connectivity index (χ0n) is 12.2. The number of nitrogens with zero attached hydrogens (tertiary/aromatic N) is 4. The predicted molar refractivity (Wildman–Crippen MR) is 81.6 cm³/mol. The number of pyridine rings is 1. The van der Waals surface area contributed by atoms with Gasteiger partial charge in [-0.2, -0.15) is 4.68 Å². The second kappa shape index (κ2) is 5.15. The van der Waals surface area contributed by atoms with Crippen LogP contribution >= 0.6 is 0 Å². The van der Waals surface area contributed by atoms with E-state index in [0.717, 1.165) is 36.7 Å². The monoisotopic (exact) mass is 318 g/mol. The van der Waals surface area contributed by atoms with Crippen LogP contribution in [0.3, 0.4) is 0 Å². The van der Waals surface area contributed by atoms with E-state index in [0.29, 0.717) is 18.1 Å². The van der Waals surface area contributed by atoms with E-state index < -0.39 is 9.84 Å². The molecule has 2 fully saturated rings. The Kier molecular flexibility index (Phi) is 3.25. The Labute approximate surface area is 129 Å². The molecule has 0 amide bonds. The Bertz CT molecular complexity index is 781. The molecule has 1 aliphatic heterocycles. The van der Waals surface area contributed by atoms with Crippen LogP contribution in [0.25, 0.3) is 5.82 Å². The maximum absolute atomic E-state index is 11.7. The number of rotatable bonds is 4. The zero-order valence-corrected chi connectivity index (χ0v) is 13.0. The van der Waals surface area contributed by atoms with Gasteiger partial charge in [-0.3, -0.25) is 0 Å². The second-order valence-electron chi connectivity index (χ2n) is 6.23. The first-order chi connectivity index (χ1) is 10.6. The molecule has 2 aliphatic rings. The zero-order chi connectivity index (χ0) is 15.2. The minimum Gasteiger partial charge on any atom is -0.237 e. The predicted octanol–water partition coefficient (Wildman–Crippen LogP) is 1.52. The first kappa shape index (κ1) is 13.9. The number of aromatic nitrogens is 4. The first-order valence-corrected chi connectivity index (χ1v) is 9.50. The van der Waals surface area contributed by atoms with E-state index in [2.05, 4.69) is 15.1 Å². The minimum absolute atomic E-state index is 0.142. The normalized spacial score (nSPS) is 23.7. The molecule has 3 heterocycles. The van der Waals surface area contributed by atoms with Gasteiger partial charge in [-0.05, 0) is 37.3 Å². The third kappa shape index (κ3) is 2.77. The molecule has 6 nitrogen and oxygen atoms in total. The Morgan fingerprint density at radius 3 is 2.73 bits per heavy atom. The van der Waals surface area contributed by atoms with Crippen molar-refractivity contribution in [1.29, 1.82) is 0 Å². The van der Waals surface area contributed by atoms with Gasteiger partial charge in [0.25, 0.3) is 0 Å². The highest BCUT2D eigenvalue weighted by atomic mass is 32.2. The maximum Gasteiger partial charge on any atom is 0.155 e. The molecule has 7 heteroatoms. The van der Waals surface area contributed by atoms with Crippen LogP contribution in [0.4, 0.5) is 0 Å². The molecule has 1 atom stereocenters. The smallest absolute Gasteiger partial charge is 0.155 e. The van der Waals surface area contributed by atoms with Crippen molar-refractivity contribution >= 4 is 9.84 Å². The van der Waals surface area contributed by atoms with E-state index in [1.54, 1.807) is 10.9 Å². The highest BCUT2D eigenvalue weighted by Gasteiger charge is 2.32. The van der Waals surface area contributed by atoms with Gasteiger partial charge in [0.05, 0.1) is 11.5 Å². The minimum atomic E-state index is -2.86. The molecule has 0 bridgehead atoms. The SMILES string of the molecule is O=S1(=O)CC[C@H](Cc2nc(C3CC3)nn2-c2ccccn2)C1. The van der Waals surface area contributed by atoms with Gasteiger partial charge in [-0.15, -0.1) is 5.10 Å². The number of hydrogen-bond donors (Lipinski definition) is 0. The number of sulfone groups is 1. The summed E-state index contributed by atoms with van der Waals surface area (Å²) in [5.41, 5.74) is 0. The van der Waals surface area contributed by atoms with Crippen molar-refractivity contribution in [3.8, 4) is 5.82 Å². The highest BCUT2D eigenvalue weighted by molar-refractivity contribution is 7.91. The summed E-state index contributed by atoms with van der Waals surface area (Å²) in [4.78, 5) is 9.02. The molecule has 0 aromatic carbocycles. The fourth-order valence-electron chi connectivity index (χ4n) is 2.96. The Morgan fingerprint density at radius 1 is 1.23 bits per heavy atom. The number of hydrogen-bond acceptors (Lipinski definition) is 5. The topological polar surface area (TPSA) is 77.7 Å². The summed E-state index contributed by atoms with van der Waals surface area (Å²) in [5.74, 6) is 3.63. The maximum atomic E-state index is 11.7. The Balaban J connectivity index is 1.65. The largest absolute Gasteiger partial charge is 0.237 e. The molecule has 1 saturated heterocycles. The molecular weight excluding hydrogens is 300 g/mol. The molecule has 1 aliphatic carbocycles. The summed E-state index contributed by atoms with van der Waals surface area (Å²) >= 11 is 0. The van der Waals surface area contributed by atoms with Gasteiger partial charge in [0.15, 0.2) is 21.5 Å². The lowest BCUT2D eigenvalue weighted by Gasteiger charge is -2.08. The molecule has 0 N–H and O–H groups in total. The Morgan fingerprint density at radius 2 is 2.09 bits per heavy atom. The van der Waals surface area contributed by atoms with Crippen LogP contribution in [0.2, 0.25) is 0 Å². The second-order valence-corrected chi connectivity index (χ2v) is 8.46. The van der Waals surface area contributed by atoms with E-state index in [9.17, 15) is 8.42 Å². The molecule has 0 unspecified atom stereocenters. The van der Waals surface area contributed by atoms with Crippen molar-refractivity contribution < 1.29 is 8.42 Å². The van der Waals surface area contributed by atoms with Crippen LogP contribution in [0, 0.1) is 5.92 Å². The van der Waals surface area contributed by atoms with Crippen LogP contribution in [0.1, 0.15) is 36.8 Å². The van der Waals surface area contributed by atoms with E-state index in [1.165, 1.54) is 0 Å². The van der Waals surface area contributed by atoms with Gasteiger partial charge in [-0.1, -0.05) is 6.07 Å². The fraction of sp³-hybridized carbons (Fsp3) is 0.533. The lowest BCUT2D eigenvalue weighted by atomic mass is 10.1. The lowest BCUT2D eigenvalue weighted by molar-refractivity contribution is 0.558. The quantitative estimate of drug-likeness (QED) is 0.854. The summed E-state index contributed by atoms with van der Waals surface area (Å²) in [6.45, 7) is 0. The van der Waals surface area contributed by atoms with Crippen molar-refractivity contribution in [2.24, 2.45) is 5.92 Å². The van der Waals surface area contributed by atoms with Gasteiger partial charge in [0.1, 0.15) is 5.82 Å². The van der Waals surface area contributed by atoms with E-state index in [-0.39, 0.29) is 11.7 Å². The molecule has 22 heavy (non-hydrogen) atoms. The van der Waals surface area contributed by atoms with E-state index in [4.69, 9.17) is 0 Å². The van der Waals surface area contributed by atoms with Gasteiger partial charge < -0.3 is 0 Å². The highest BCUT2D eigenvalue weighted by Crippen LogP contribution is 2.38. The molecule has 0 spiro atoms. The molecule has 116 valence electrons. The summed E-state index contributed by atoms with van der Waals surface area (Å²) in [6.07, 6.45) is 5.39. The van der Waals surface area contributed by atoms with Gasteiger partial charge in [0.2, 0.25) is 0 Å². The van der Waals surface area contributed by atoms with Gasteiger partial charge in [0, 0.05) is 18.5 Å². The average molecular weight is 318 g/mol. The van der Waals surface area contributed by atoms with Gasteiger partial charge >= 0.3 is 0 Å².